The largest absolute Gasteiger partial charge is 0.383 e. The molecular formula is C12H20IN3O. The minimum atomic E-state index is 0.567. The molecule has 0 aliphatic carbocycles. The summed E-state index contributed by atoms with van der Waals surface area (Å²) in [5.74, 6) is 1.94. The van der Waals surface area contributed by atoms with Crippen molar-refractivity contribution in [3.63, 3.8) is 0 Å². The van der Waals surface area contributed by atoms with Gasteiger partial charge >= 0.3 is 0 Å². The molecule has 0 unspecified atom stereocenters. The van der Waals surface area contributed by atoms with E-state index in [-0.39, 0.29) is 0 Å². The van der Waals surface area contributed by atoms with Gasteiger partial charge in [-0.1, -0.05) is 13.8 Å². The van der Waals surface area contributed by atoms with Crippen molar-refractivity contribution < 1.29 is 4.74 Å². The van der Waals surface area contributed by atoms with Gasteiger partial charge in [-0.2, -0.15) is 0 Å². The number of rotatable bonds is 6. The number of anilines is 1. The van der Waals surface area contributed by atoms with Crippen molar-refractivity contribution in [2.75, 3.05) is 18.9 Å². The third-order valence-corrected chi connectivity index (χ3v) is 3.44. The summed E-state index contributed by atoms with van der Waals surface area (Å²) < 4.78 is 6.29. The Labute approximate surface area is 117 Å². The number of aromatic nitrogens is 2. The summed E-state index contributed by atoms with van der Waals surface area (Å²) >= 11 is 2.22. The minimum absolute atomic E-state index is 0.567. The molecule has 1 aromatic rings. The molecule has 0 amide bonds. The molecule has 0 aliphatic heterocycles. The molecule has 0 saturated carbocycles. The van der Waals surface area contributed by atoms with Crippen LogP contribution < -0.4 is 5.73 Å². The first-order chi connectivity index (χ1) is 8.04. The standard InChI is InChI=1S/C12H20IN3O/c1-4-17-6-5-10-15-9(7-8(2)3)11(13)12(14)16-10/h8H,4-7H2,1-3H3,(H2,14,15,16). The highest BCUT2D eigenvalue weighted by atomic mass is 127. The molecule has 0 spiro atoms. The van der Waals surface area contributed by atoms with Crippen LogP contribution in [0.25, 0.3) is 0 Å². The number of nitrogens with zero attached hydrogens (tertiary/aromatic N) is 2. The van der Waals surface area contributed by atoms with Crippen molar-refractivity contribution in [3.05, 3.63) is 15.1 Å². The second kappa shape index (κ2) is 7.10. The summed E-state index contributed by atoms with van der Waals surface area (Å²) in [4.78, 5) is 8.86. The minimum Gasteiger partial charge on any atom is -0.383 e. The molecule has 96 valence electrons. The van der Waals surface area contributed by atoms with Crippen LogP contribution >= 0.6 is 22.6 Å². The zero-order chi connectivity index (χ0) is 12.8. The normalized spacial score (nSPS) is 11.1. The van der Waals surface area contributed by atoms with Crippen LogP contribution in [0.4, 0.5) is 5.82 Å². The Hall–Kier alpha value is -0.430. The van der Waals surface area contributed by atoms with Gasteiger partial charge in [0.05, 0.1) is 15.9 Å². The van der Waals surface area contributed by atoms with Crippen molar-refractivity contribution in [1.29, 1.82) is 0 Å². The summed E-state index contributed by atoms with van der Waals surface area (Å²) in [5.41, 5.74) is 6.96. The predicted octanol–water partition coefficient (Wildman–Crippen LogP) is 2.44. The van der Waals surface area contributed by atoms with Gasteiger partial charge in [-0.25, -0.2) is 9.97 Å². The van der Waals surface area contributed by atoms with E-state index in [9.17, 15) is 0 Å². The summed E-state index contributed by atoms with van der Waals surface area (Å²) in [6.07, 6.45) is 1.66. The lowest BCUT2D eigenvalue weighted by Gasteiger charge is -2.10. The molecule has 0 atom stereocenters. The third kappa shape index (κ3) is 4.75. The Morgan fingerprint density at radius 3 is 2.65 bits per heavy atom. The number of hydrogen-bond acceptors (Lipinski definition) is 4. The maximum absolute atomic E-state index is 5.90. The van der Waals surface area contributed by atoms with Crippen LogP contribution in [0.1, 0.15) is 32.3 Å². The summed E-state index contributed by atoms with van der Waals surface area (Å²) in [6.45, 7) is 7.70. The smallest absolute Gasteiger partial charge is 0.140 e. The molecular weight excluding hydrogens is 329 g/mol. The van der Waals surface area contributed by atoms with Crippen LogP contribution in [-0.2, 0) is 17.6 Å². The molecule has 4 nitrogen and oxygen atoms in total. The van der Waals surface area contributed by atoms with Gasteiger partial charge in [-0.3, -0.25) is 0 Å². The fourth-order valence-electron chi connectivity index (χ4n) is 1.51. The Bertz CT molecular complexity index is 369. The summed E-state index contributed by atoms with van der Waals surface area (Å²) in [7, 11) is 0. The first-order valence-electron chi connectivity index (χ1n) is 5.93. The maximum Gasteiger partial charge on any atom is 0.140 e. The lowest BCUT2D eigenvalue weighted by Crippen LogP contribution is -2.11. The van der Waals surface area contributed by atoms with Gasteiger partial charge in [-0.05, 0) is 41.9 Å². The highest BCUT2D eigenvalue weighted by molar-refractivity contribution is 14.1. The van der Waals surface area contributed by atoms with Crippen LogP contribution in [0.2, 0.25) is 0 Å². The number of ether oxygens (including phenoxy) is 1. The Morgan fingerprint density at radius 1 is 1.35 bits per heavy atom. The quantitative estimate of drug-likeness (QED) is 0.633. The van der Waals surface area contributed by atoms with Crippen LogP contribution in [0.3, 0.4) is 0 Å². The molecule has 0 aromatic carbocycles. The molecule has 1 rings (SSSR count). The first-order valence-corrected chi connectivity index (χ1v) is 7.01. The fourth-order valence-corrected chi connectivity index (χ4v) is 1.97. The first kappa shape index (κ1) is 14.6. The van der Waals surface area contributed by atoms with E-state index in [1.165, 1.54) is 0 Å². The van der Waals surface area contributed by atoms with Gasteiger partial charge in [0.1, 0.15) is 11.6 Å². The Balaban J connectivity index is 2.82. The molecule has 1 heterocycles. The second-order valence-corrected chi connectivity index (χ2v) is 5.41. The lowest BCUT2D eigenvalue weighted by molar-refractivity contribution is 0.149. The van der Waals surface area contributed by atoms with Gasteiger partial charge in [0, 0.05) is 13.0 Å². The van der Waals surface area contributed by atoms with Gasteiger partial charge < -0.3 is 10.5 Å². The van der Waals surface area contributed by atoms with Crippen molar-refractivity contribution in [2.24, 2.45) is 5.92 Å². The highest BCUT2D eigenvalue weighted by Gasteiger charge is 2.11. The van der Waals surface area contributed by atoms with E-state index < -0.39 is 0 Å². The molecule has 1 aromatic heterocycles. The fraction of sp³-hybridized carbons (Fsp3) is 0.667. The molecule has 5 heteroatoms. The summed E-state index contributed by atoms with van der Waals surface area (Å²) in [5, 5.41) is 0. The van der Waals surface area contributed by atoms with Gasteiger partial charge in [0.2, 0.25) is 0 Å². The predicted molar refractivity (Wildman–Crippen MR) is 77.9 cm³/mol. The Kier molecular flexibility index (Phi) is 6.11. The number of nitrogen functional groups attached to an aromatic ring is 1. The topological polar surface area (TPSA) is 61.0 Å². The Morgan fingerprint density at radius 2 is 2.06 bits per heavy atom. The molecule has 17 heavy (non-hydrogen) atoms. The molecule has 2 N–H and O–H groups in total. The average Bonchev–Trinajstić information content (AvgIpc) is 2.25. The van der Waals surface area contributed by atoms with Gasteiger partial charge in [0.25, 0.3) is 0 Å². The molecule has 0 bridgehead atoms. The van der Waals surface area contributed by atoms with Crippen LogP contribution in [0.5, 0.6) is 0 Å². The van der Waals surface area contributed by atoms with Crippen molar-refractivity contribution in [2.45, 2.75) is 33.6 Å². The van der Waals surface area contributed by atoms with E-state index in [1.54, 1.807) is 0 Å². The molecule has 0 saturated heterocycles. The second-order valence-electron chi connectivity index (χ2n) is 4.33. The number of hydrogen-bond donors (Lipinski definition) is 1. The maximum atomic E-state index is 5.90. The van der Waals surface area contributed by atoms with E-state index in [1.807, 2.05) is 6.92 Å². The van der Waals surface area contributed by atoms with Crippen molar-refractivity contribution in [1.82, 2.24) is 9.97 Å². The van der Waals surface area contributed by atoms with Crippen LogP contribution in [-0.4, -0.2) is 23.2 Å². The average molecular weight is 349 g/mol. The van der Waals surface area contributed by atoms with E-state index in [0.717, 1.165) is 34.5 Å². The zero-order valence-electron chi connectivity index (χ0n) is 10.7. The van der Waals surface area contributed by atoms with Crippen LogP contribution in [0.15, 0.2) is 0 Å². The van der Waals surface area contributed by atoms with E-state index in [4.69, 9.17) is 10.5 Å². The molecule has 0 aliphatic rings. The lowest BCUT2D eigenvalue weighted by atomic mass is 10.1. The zero-order valence-corrected chi connectivity index (χ0v) is 12.8. The third-order valence-electron chi connectivity index (χ3n) is 2.27. The highest BCUT2D eigenvalue weighted by Crippen LogP contribution is 2.19. The van der Waals surface area contributed by atoms with Crippen molar-refractivity contribution in [3.8, 4) is 0 Å². The molecule has 0 radical (unpaired) electrons. The monoisotopic (exact) mass is 349 g/mol. The van der Waals surface area contributed by atoms with Crippen molar-refractivity contribution >= 4 is 28.4 Å². The van der Waals surface area contributed by atoms with Crippen LogP contribution in [0, 0.1) is 9.49 Å². The van der Waals surface area contributed by atoms with Gasteiger partial charge in [-0.15, -0.1) is 0 Å². The number of halogens is 1. The van der Waals surface area contributed by atoms with E-state index >= 15 is 0 Å². The summed E-state index contributed by atoms with van der Waals surface area (Å²) in [6, 6.07) is 0. The number of nitrogens with two attached hydrogens (primary N) is 1. The SMILES string of the molecule is CCOCCc1nc(N)c(I)c(CC(C)C)n1. The van der Waals surface area contributed by atoms with E-state index in [2.05, 4.69) is 46.4 Å². The molecule has 0 fully saturated rings. The van der Waals surface area contributed by atoms with Gasteiger partial charge in [0.15, 0.2) is 0 Å². The van der Waals surface area contributed by atoms with E-state index in [0.29, 0.717) is 18.3 Å².